The summed E-state index contributed by atoms with van der Waals surface area (Å²) in [5.74, 6) is 0.665. The number of nitrogens with one attached hydrogen (secondary N) is 2. The Balaban J connectivity index is 1.47. The second kappa shape index (κ2) is 8.02. The van der Waals surface area contributed by atoms with Gasteiger partial charge in [0.2, 0.25) is 0 Å². The fourth-order valence-electron chi connectivity index (χ4n) is 2.67. The van der Waals surface area contributed by atoms with Crippen LogP contribution in [0.5, 0.6) is 5.75 Å². The summed E-state index contributed by atoms with van der Waals surface area (Å²) in [7, 11) is 0. The summed E-state index contributed by atoms with van der Waals surface area (Å²) in [5, 5.41) is 0. The maximum atomic E-state index is 13.8. The van der Waals surface area contributed by atoms with Gasteiger partial charge in [-0.25, -0.2) is 9.82 Å². The zero-order chi connectivity index (χ0) is 16.8. The van der Waals surface area contributed by atoms with Crippen LogP contribution >= 0.6 is 0 Å². The number of anilines is 1. The fraction of sp³-hybridized carbons (Fsp3) is 0.600. The molecule has 2 aliphatic carbocycles. The topological polar surface area (TPSA) is 33.3 Å². The van der Waals surface area contributed by atoms with Crippen LogP contribution in [0.25, 0.3) is 0 Å². The van der Waals surface area contributed by atoms with Gasteiger partial charge in [0.25, 0.3) is 0 Å². The highest BCUT2D eigenvalue weighted by molar-refractivity contribution is 5.48. The van der Waals surface area contributed by atoms with Crippen LogP contribution in [0.4, 0.5) is 10.1 Å². The summed E-state index contributed by atoms with van der Waals surface area (Å²) in [6.07, 6.45) is 14.2. The molecule has 0 atom stereocenters. The van der Waals surface area contributed by atoms with Gasteiger partial charge in [-0.3, -0.25) is 0 Å². The minimum atomic E-state index is -0.293. The first-order chi connectivity index (χ1) is 11.7. The predicted molar refractivity (Wildman–Crippen MR) is 96.6 cm³/mol. The van der Waals surface area contributed by atoms with Crippen LogP contribution in [0.1, 0.15) is 58.3 Å². The number of allylic oxidation sites excluding steroid dienone is 1. The molecule has 0 bridgehead atoms. The van der Waals surface area contributed by atoms with Crippen LogP contribution in [0, 0.1) is 11.7 Å². The standard InChI is InChI=1S/C20H29FN2O/c1-2-3-4-5-6-11-20(12-13-20)23-22-17-9-10-18(21)19(14-17)24-15-16-7-8-16/h6,9-11,14,16,22-23H,2-5,7-8,12-13,15H2,1H3/b11-6+. The van der Waals surface area contributed by atoms with Crippen molar-refractivity contribution in [3.63, 3.8) is 0 Å². The summed E-state index contributed by atoms with van der Waals surface area (Å²) in [5.41, 5.74) is 7.51. The highest BCUT2D eigenvalue weighted by Crippen LogP contribution is 2.37. The molecule has 0 aromatic heterocycles. The van der Waals surface area contributed by atoms with E-state index >= 15 is 0 Å². The van der Waals surface area contributed by atoms with Crippen molar-refractivity contribution in [3.8, 4) is 5.75 Å². The molecule has 0 unspecified atom stereocenters. The largest absolute Gasteiger partial charge is 0.490 e. The van der Waals surface area contributed by atoms with Crippen LogP contribution in [-0.2, 0) is 0 Å². The molecule has 132 valence electrons. The van der Waals surface area contributed by atoms with Crippen molar-refractivity contribution in [1.29, 1.82) is 0 Å². The van der Waals surface area contributed by atoms with Crippen molar-refractivity contribution in [2.75, 3.05) is 12.0 Å². The van der Waals surface area contributed by atoms with E-state index in [0.29, 0.717) is 18.3 Å². The Morgan fingerprint density at radius 1 is 1.29 bits per heavy atom. The first-order valence-electron chi connectivity index (χ1n) is 9.34. The van der Waals surface area contributed by atoms with Crippen LogP contribution < -0.4 is 15.6 Å². The molecule has 2 fully saturated rings. The Bertz CT molecular complexity index is 565. The molecule has 0 spiro atoms. The SMILES string of the molecule is CCCCC/C=C/C1(NNc2ccc(F)c(OCC3CC3)c2)CC1. The number of halogens is 1. The number of hydrazine groups is 1. The Morgan fingerprint density at radius 2 is 2.12 bits per heavy atom. The second-order valence-corrected chi connectivity index (χ2v) is 7.20. The fourth-order valence-corrected chi connectivity index (χ4v) is 2.67. The highest BCUT2D eigenvalue weighted by Gasteiger charge is 2.39. The molecular weight excluding hydrogens is 303 g/mol. The number of hydrogen-bond donors (Lipinski definition) is 2. The number of rotatable bonds is 11. The summed E-state index contributed by atoms with van der Waals surface area (Å²) < 4.78 is 19.4. The van der Waals surface area contributed by atoms with Crippen molar-refractivity contribution >= 4 is 5.69 Å². The zero-order valence-corrected chi connectivity index (χ0v) is 14.6. The molecule has 4 heteroatoms. The van der Waals surface area contributed by atoms with E-state index in [1.807, 2.05) is 0 Å². The molecule has 0 saturated heterocycles. The van der Waals surface area contributed by atoms with E-state index in [1.165, 1.54) is 38.2 Å². The Kier molecular flexibility index (Phi) is 5.77. The zero-order valence-electron chi connectivity index (χ0n) is 14.6. The molecule has 0 radical (unpaired) electrons. The Hall–Kier alpha value is -1.55. The third-order valence-corrected chi connectivity index (χ3v) is 4.76. The third kappa shape index (κ3) is 5.23. The van der Waals surface area contributed by atoms with Gasteiger partial charge in [0.1, 0.15) is 0 Å². The highest BCUT2D eigenvalue weighted by atomic mass is 19.1. The molecule has 3 rings (SSSR count). The molecule has 2 aliphatic rings. The van der Waals surface area contributed by atoms with Gasteiger partial charge in [-0.1, -0.05) is 31.9 Å². The molecule has 2 N–H and O–H groups in total. The lowest BCUT2D eigenvalue weighted by Gasteiger charge is -2.16. The summed E-state index contributed by atoms with van der Waals surface area (Å²) >= 11 is 0. The third-order valence-electron chi connectivity index (χ3n) is 4.76. The molecule has 1 aromatic rings. The maximum Gasteiger partial charge on any atom is 0.165 e. The lowest BCUT2D eigenvalue weighted by molar-refractivity contribution is 0.285. The quantitative estimate of drug-likeness (QED) is 0.332. The molecular formula is C20H29FN2O. The van der Waals surface area contributed by atoms with Crippen LogP contribution in [0.2, 0.25) is 0 Å². The predicted octanol–water partition coefficient (Wildman–Crippen LogP) is 5.20. The van der Waals surface area contributed by atoms with Crippen LogP contribution in [-0.4, -0.2) is 12.1 Å². The minimum Gasteiger partial charge on any atom is -0.490 e. The van der Waals surface area contributed by atoms with E-state index in [-0.39, 0.29) is 11.4 Å². The average Bonchev–Trinajstić information content (AvgIpc) is 3.49. The number of hydrogen-bond acceptors (Lipinski definition) is 3. The smallest absolute Gasteiger partial charge is 0.165 e. The monoisotopic (exact) mass is 332 g/mol. The van der Waals surface area contributed by atoms with Gasteiger partial charge in [0.15, 0.2) is 11.6 Å². The van der Waals surface area contributed by atoms with E-state index in [0.717, 1.165) is 24.9 Å². The van der Waals surface area contributed by atoms with E-state index in [2.05, 4.69) is 29.9 Å². The first-order valence-corrected chi connectivity index (χ1v) is 9.34. The van der Waals surface area contributed by atoms with E-state index in [4.69, 9.17) is 4.74 Å². The average molecular weight is 332 g/mol. The van der Waals surface area contributed by atoms with Gasteiger partial charge in [0.05, 0.1) is 17.8 Å². The van der Waals surface area contributed by atoms with Crippen molar-refractivity contribution in [3.05, 3.63) is 36.2 Å². The molecule has 2 saturated carbocycles. The molecule has 0 aliphatic heterocycles. The maximum absolute atomic E-state index is 13.8. The molecule has 24 heavy (non-hydrogen) atoms. The van der Waals surface area contributed by atoms with Gasteiger partial charge in [-0.2, -0.15) is 0 Å². The van der Waals surface area contributed by atoms with Crippen molar-refractivity contribution in [2.45, 2.75) is 63.8 Å². The van der Waals surface area contributed by atoms with Crippen molar-refractivity contribution < 1.29 is 9.13 Å². The van der Waals surface area contributed by atoms with Crippen molar-refractivity contribution in [2.24, 2.45) is 5.92 Å². The number of ether oxygens (including phenoxy) is 1. The molecule has 1 aromatic carbocycles. The molecule has 3 nitrogen and oxygen atoms in total. The molecule has 0 heterocycles. The van der Waals surface area contributed by atoms with Gasteiger partial charge < -0.3 is 10.2 Å². The van der Waals surface area contributed by atoms with Gasteiger partial charge in [-0.05, 0) is 56.6 Å². The van der Waals surface area contributed by atoms with Crippen molar-refractivity contribution in [1.82, 2.24) is 5.43 Å². The second-order valence-electron chi connectivity index (χ2n) is 7.20. The number of benzene rings is 1. The van der Waals surface area contributed by atoms with E-state index in [1.54, 1.807) is 12.1 Å². The van der Waals surface area contributed by atoms with Gasteiger partial charge >= 0.3 is 0 Å². The summed E-state index contributed by atoms with van der Waals surface area (Å²) in [6.45, 7) is 2.85. The van der Waals surface area contributed by atoms with E-state index in [9.17, 15) is 4.39 Å². The van der Waals surface area contributed by atoms with E-state index < -0.39 is 0 Å². The molecule has 0 amide bonds. The first kappa shape index (κ1) is 17.3. The Morgan fingerprint density at radius 3 is 2.83 bits per heavy atom. The lowest BCUT2D eigenvalue weighted by atomic mass is 10.1. The lowest BCUT2D eigenvalue weighted by Crippen LogP contribution is -2.34. The van der Waals surface area contributed by atoms with Crippen LogP contribution in [0.3, 0.4) is 0 Å². The Labute approximate surface area is 144 Å². The summed E-state index contributed by atoms with van der Waals surface area (Å²) in [6, 6.07) is 4.95. The summed E-state index contributed by atoms with van der Waals surface area (Å²) in [4.78, 5) is 0. The van der Waals surface area contributed by atoms with Gasteiger partial charge in [-0.15, -0.1) is 0 Å². The minimum absolute atomic E-state index is 0.0651. The van der Waals surface area contributed by atoms with Gasteiger partial charge in [0, 0.05) is 6.07 Å². The van der Waals surface area contributed by atoms with Crippen LogP contribution in [0.15, 0.2) is 30.4 Å². The normalized spacial score (nSPS) is 18.8. The number of unbranched alkanes of at least 4 members (excludes halogenated alkanes) is 3.